The van der Waals surface area contributed by atoms with Gasteiger partial charge in [0.15, 0.2) is 0 Å². The SMILES string of the molecule is COC(=O)c1ccc([C@H]2C(C(=O)Nc3ccc(OC)cc3)=C(C)Nc3ncnn32)cc1. The molecule has 1 aliphatic heterocycles. The van der Waals surface area contributed by atoms with E-state index in [1.165, 1.54) is 13.4 Å². The molecule has 1 atom stereocenters. The minimum Gasteiger partial charge on any atom is -0.497 e. The van der Waals surface area contributed by atoms with Crippen LogP contribution in [0.2, 0.25) is 0 Å². The molecule has 9 nitrogen and oxygen atoms in total. The van der Waals surface area contributed by atoms with Gasteiger partial charge in [-0.25, -0.2) is 9.48 Å². The van der Waals surface area contributed by atoms with E-state index in [9.17, 15) is 9.59 Å². The van der Waals surface area contributed by atoms with Crippen molar-refractivity contribution in [2.24, 2.45) is 0 Å². The maximum absolute atomic E-state index is 13.3. The topological polar surface area (TPSA) is 107 Å². The summed E-state index contributed by atoms with van der Waals surface area (Å²) < 4.78 is 11.6. The van der Waals surface area contributed by atoms with Gasteiger partial charge in [0.1, 0.15) is 18.1 Å². The Balaban J connectivity index is 1.70. The summed E-state index contributed by atoms with van der Waals surface area (Å²) in [6.07, 6.45) is 1.43. The lowest BCUT2D eigenvalue weighted by atomic mass is 9.94. The second-order valence-corrected chi connectivity index (χ2v) is 6.89. The molecule has 31 heavy (non-hydrogen) atoms. The van der Waals surface area contributed by atoms with Crippen molar-refractivity contribution in [3.63, 3.8) is 0 Å². The van der Waals surface area contributed by atoms with Crippen molar-refractivity contribution in [3.05, 3.63) is 77.3 Å². The standard InChI is InChI=1S/C22H21N5O4/c1-13-18(20(28)26-16-8-10-17(30-2)11-9-16)19(27-22(25-13)23-12-24-27)14-4-6-15(7-5-14)21(29)31-3/h4-12,19H,1-3H3,(H,26,28)(H,23,24,25)/t19-/m0/s1. The largest absolute Gasteiger partial charge is 0.497 e. The molecule has 2 aromatic carbocycles. The Morgan fingerprint density at radius 2 is 1.77 bits per heavy atom. The summed E-state index contributed by atoms with van der Waals surface area (Å²) in [5, 5.41) is 10.4. The first kappa shape index (κ1) is 20.1. The number of amides is 1. The van der Waals surface area contributed by atoms with E-state index in [0.717, 1.165) is 5.56 Å². The van der Waals surface area contributed by atoms with E-state index in [-0.39, 0.29) is 5.91 Å². The molecular weight excluding hydrogens is 398 g/mol. The number of anilines is 2. The molecule has 158 valence electrons. The van der Waals surface area contributed by atoms with Crippen molar-refractivity contribution in [2.45, 2.75) is 13.0 Å². The molecule has 0 bridgehead atoms. The van der Waals surface area contributed by atoms with E-state index in [2.05, 4.69) is 20.7 Å². The maximum Gasteiger partial charge on any atom is 0.337 e. The van der Waals surface area contributed by atoms with Gasteiger partial charge in [0, 0.05) is 11.4 Å². The first-order chi connectivity index (χ1) is 15.0. The number of aromatic nitrogens is 3. The number of benzene rings is 2. The monoisotopic (exact) mass is 419 g/mol. The number of hydrogen-bond donors (Lipinski definition) is 2. The second kappa shape index (κ2) is 8.31. The Hall–Kier alpha value is -4.14. The molecule has 0 saturated heterocycles. The van der Waals surface area contributed by atoms with Crippen LogP contribution in [0.15, 0.2) is 66.1 Å². The predicted molar refractivity (Wildman–Crippen MR) is 114 cm³/mol. The molecule has 0 fully saturated rings. The van der Waals surface area contributed by atoms with Crippen LogP contribution in [0.1, 0.15) is 28.9 Å². The molecule has 0 aliphatic carbocycles. The average Bonchev–Trinajstić information content (AvgIpc) is 3.26. The van der Waals surface area contributed by atoms with Crippen molar-refractivity contribution in [1.82, 2.24) is 14.8 Å². The maximum atomic E-state index is 13.3. The first-order valence-corrected chi connectivity index (χ1v) is 9.52. The first-order valence-electron chi connectivity index (χ1n) is 9.52. The van der Waals surface area contributed by atoms with Crippen LogP contribution in [-0.2, 0) is 9.53 Å². The highest BCUT2D eigenvalue weighted by Crippen LogP contribution is 2.35. The van der Waals surface area contributed by atoms with Crippen LogP contribution in [0.4, 0.5) is 11.6 Å². The van der Waals surface area contributed by atoms with Crippen molar-refractivity contribution in [3.8, 4) is 5.75 Å². The molecule has 9 heteroatoms. The zero-order valence-corrected chi connectivity index (χ0v) is 17.2. The fraction of sp³-hybridized carbons (Fsp3) is 0.182. The van der Waals surface area contributed by atoms with Crippen LogP contribution in [0, 0.1) is 0 Å². The van der Waals surface area contributed by atoms with Crippen molar-refractivity contribution >= 4 is 23.5 Å². The van der Waals surface area contributed by atoms with E-state index in [0.29, 0.717) is 34.2 Å². The number of fused-ring (bicyclic) bond motifs is 1. The van der Waals surface area contributed by atoms with Gasteiger partial charge in [0.05, 0.1) is 25.4 Å². The zero-order valence-electron chi connectivity index (χ0n) is 17.2. The Morgan fingerprint density at radius 1 is 1.06 bits per heavy atom. The highest BCUT2D eigenvalue weighted by molar-refractivity contribution is 6.06. The van der Waals surface area contributed by atoms with Gasteiger partial charge in [-0.15, -0.1) is 0 Å². The smallest absolute Gasteiger partial charge is 0.337 e. The van der Waals surface area contributed by atoms with Gasteiger partial charge in [-0.3, -0.25) is 4.79 Å². The zero-order chi connectivity index (χ0) is 22.0. The van der Waals surface area contributed by atoms with Gasteiger partial charge in [0.2, 0.25) is 5.95 Å². The number of ether oxygens (including phenoxy) is 2. The molecule has 2 heterocycles. The van der Waals surface area contributed by atoms with Crippen molar-refractivity contribution in [1.29, 1.82) is 0 Å². The van der Waals surface area contributed by atoms with E-state index in [1.54, 1.807) is 60.3 Å². The number of rotatable bonds is 5. The van der Waals surface area contributed by atoms with Gasteiger partial charge >= 0.3 is 5.97 Å². The summed E-state index contributed by atoms with van der Waals surface area (Å²) in [5.74, 6) is 0.518. The molecule has 0 spiro atoms. The third-order valence-corrected chi connectivity index (χ3v) is 5.03. The van der Waals surface area contributed by atoms with Crippen LogP contribution in [0.3, 0.4) is 0 Å². The van der Waals surface area contributed by atoms with Gasteiger partial charge in [-0.1, -0.05) is 12.1 Å². The Bertz CT molecular complexity index is 1150. The summed E-state index contributed by atoms with van der Waals surface area (Å²) in [7, 11) is 2.92. The number of esters is 1. The van der Waals surface area contributed by atoms with Crippen LogP contribution in [-0.4, -0.2) is 40.9 Å². The number of allylic oxidation sites excluding steroid dienone is 1. The Labute approximate surface area is 178 Å². The number of carbonyl (C=O) groups is 2. The highest BCUT2D eigenvalue weighted by Gasteiger charge is 2.33. The second-order valence-electron chi connectivity index (χ2n) is 6.89. The van der Waals surface area contributed by atoms with E-state index in [4.69, 9.17) is 9.47 Å². The fourth-order valence-electron chi connectivity index (χ4n) is 3.49. The van der Waals surface area contributed by atoms with E-state index in [1.807, 2.05) is 6.92 Å². The van der Waals surface area contributed by atoms with Crippen molar-refractivity contribution < 1.29 is 19.1 Å². The molecule has 1 aliphatic rings. The third kappa shape index (κ3) is 3.85. The number of methoxy groups -OCH3 is 2. The minimum atomic E-state index is -0.524. The number of nitrogens with zero attached hydrogens (tertiary/aromatic N) is 3. The summed E-state index contributed by atoms with van der Waals surface area (Å²) in [4.78, 5) is 29.3. The highest BCUT2D eigenvalue weighted by atomic mass is 16.5. The molecule has 2 N–H and O–H groups in total. The molecule has 1 aromatic heterocycles. The van der Waals surface area contributed by atoms with E-state index < -0.39 is 12.0 Å². The molecule has 3 aromatic rings. The number of hydrogen-bond acceptors (Lipinski definition) is 7. The van der Waals surface area contributed by atoms with Crippen LogP contribution in [0.25, 0.3) is 0 Å². The van der Waals surface area contributed by atoms with Crippen molar-refractivity contribution in [2.75, 3.05) is 24.9 Å². The Morgan fingerprint density at radius 3 is 2.42 bits per heavy atom. The predicted octanol–water partition coefficient (Wildman–Crippen LogP) is 3.00. The molecule has 0 radical (unpaired) electrons. The summed E-state index contributed by atoms with van der Waals surface area (Å²) >= 11 is 0. The molecule has 0 saturated carbocycles. The molecule has 1 amide bonds. The van der Waals surface area contributed by atoms with E-state index >= 15 is 0 Å². The van der Waals surface area contributed by atoms with Gasteiger partial charge in [0.25, 0.3) is 5.91 Å². The third-order valence-electron chi connectivity index (χ3n) is 5.03. The number of carbonyl (C=O) groups excluding carboxylic acids is 2. The quantitative estimate of drug-likeness (QED) is 0.612. The summed E-state index contributed by atoms with van der Waals surface area (Å²) in [6, 6.07) is 13.4. The summed E-state index contributed by atoms with van der Waals surface area (Å²) in [6.45, 7) is 1.82. The van der Waals surface area contributed by atoms with Crippen LogP contribution in [0.5, 0.6) is 5.75 Å². The Kier molecular flexibility index (Phi) is 5.40. The van der Waals surface area contributed by atoms with Gasteiger partial charge in [-0.05, 0) is 48.9 Å². The lowest BCUT2D eigenvalue weighted by Gasteiger charge is -2.28. The summed E-state index contributed by atoms with van der Waals surface area (Å²) in [5.41, 5.74) is 2.98. The normalized spacial score (nSPS) is 15.0. The molecule has 0 unspecified atom stereocenters. The molecular formula is C22H21N5O4. The fourth-order valence-corrected chi connectivity index (χ4v) is 3.49. The lowest BCUT2D eigenvalue weighted by molar-refractivity contribution is -0.113. The average molecular weight is 419 g/mol. The van der Waals surface area contributed by atoms with Gasteiger partial charge in [-0.2, -0.15) is 10.1 Å². The number of nitrogens with one attached hydrogen (secondary N) is 2. The van der Waals surface area contributed by atoms with Gasteiger partial charge < -0.3 is 20.1 Å². The van der Waals surface area contributed by atoms with Crippen LogP contribution < -0.4 is 15.4 Å². The lowest BCUT2D eigenvalue weighted by Crippen LogP contribution is -2.31. The van der Waals surface area contributed by atoms with Crippen LogP contribution >= 0.6 is 0 Å². The molecule has 4 rings (SSSR count). The minimum absolute atomic E-state index is 0.279.